The maximum absolute atomic E-state index is 12.2. The van der Waals surface area contributed by atoms with Gasteiger partial charge in [-0.3, -0.25) is 4.79 Å². The lowest BCUT2D eigenvalue weighted by atomic mass is 9.86. The lowest BCUT2D eigenvalue weighted by Gasteiger charge is -2.29. The quantitative estimate of drug-likeness (QED) is 0.841. The summed E-state index contributed by atoms with van der Waals surface area (Å²) in [7, 11) is 0. The van der Waals surface area contributed by atoms with E-state index in [2.05, 4.69) is 22.6 Å². The van der Waals surface area contributed by atoms with Crippen LogP contribution >= 0.6 is 0 Å². The average Bonchev–Trinajstić information content (AvgIpc) is 3.04. The number of esters is 1. The van der Waals surface area contributed by atoms with Crippen molar-refractivity contribution in [3.63, 3.8) is 0 Å². The van der Waals surface area contributed by atoms with Crippen molar-refractivity contribution < 1.29 is 14.3 Å². The molecule has 2 atom stereocenters. The van der Waals surface area contributed by atoms with Crippen molar-refractivity contribution >= 4 is 22.9 Å². The number of hydrogen-bond donors (Lipinski definition) is 1. The zero-order valence-corrected chi connectivity index (χ0v) is 14.7. The summed E-state index contributed by atoms with van der Waals surface area (Å²) in [6.07, 6.45) is 4.47. The van der Waals surface area contributed by atoms with E-state index in [4.69, 9.17) is 4.74 Å². The highest BCUT2D eigenvalue weighted by Crippen LogP contribution is 2.23. The molecule has 1 saturated carbocycles. The topological polar surface area (TPSA) is 86.1 Å². The molecule has 7 nitrogen and oxygen atoms in total. The molecule has 1 fully saturated rings. The van der Waals surface area contributed by atoms with E-state index < -0.39 is 5.97 Å². The molecule has 0 radical (unpaired) electrons. The fourth-order valence-corrected chi connectivity index (χ4v) is 3.33. The second kappa shape index (κ2) is 7.63. The molecular weight excluding hydrogens is 320 g/mol. The Morgan fingerprint density at radius 3 is 2.88 bits per heavy atom. The molecule has 1 aliphatic carbocycles. The van der Waals surface area contributed by atoms with Gasteiger partial charge in [0, 0.05) is 12.6 Å². The predicted molar refractivity (Wildman–Crippen MR) is 93.0 cm³/mol. The number of nitrogens with one attached hydrogen (secondary N) is 1. The summed E-state index contributed by atoms with van der Waals surface area (Å²) >= 11 is 0. The first kappa shape index (κ1) is 17.4. The van der Waals surface area contributed by atoms with E-state index in [9.17, 15) is 9.59 Å². The number of carbonyl (C=O) groups is 2. The van der Waals surface area contributed by atoms with E-state index in [0.717, 1.165) is 24.8 Å². The molecule has 25 heavy (non-hydrogen) atoms. The number of rotatable bonds is 5. The summed E-state index contributed by atoms with van der Waals surface area (Å²) in [6, 6.07) is 5.28. The number of carbonyl (C=O) groups excluding carboxylic acids is 2. The molecule has 1 amide bonds. The fraction of sp³-hybridized carbons (Fsp3) is 0.556. The maximum Gasteiger partial charge on any atom is 0.338 e. The second-order valence-electron chi connectivity index (χ2n) is 6.62. The molecule has 0 spiro atoms. The Morgan fingerprint density at radius 1 is 1.32 bits per heavy atom. The molecule has 2 aromatic rings. The Bertz CT molecular complexity index is 771. The van der Waals surface area contributed by atoms with Crippen LogP contribution in [-0.4, -0.2) is 39.5 Å². The van der Waals surface area contributed by atoms with Gasteiger partial charge in [-0.1, -0.05) is 25.0 Å². The first-order valence-electron chi connectivity index (χ1n) is 8.88. The van der Waals surface area contributed by atoms with Crippen LogP contribution in [0, 0.1) is 5.92 Å². The van der Waals surface area contributed by atoms with E-state index in [1.165, 1.54) is 6.42 Å². The second-order valence-corrected chi connectivity index (χ2v) is 6.62. The minimum Gasteiger partial charge on any atom is -0.452 e. The standard InChI is InChI=1S/C18H24N4O3/c1-3-22-16-9-8-13(10-15(16)20-21-22)18(24)25-11-17(23)19-14-7-5-4-6-12(14)2/h8-10,12,14H,3-7,11H2,1-2H3,(H,19,23)/t12-,14-/m1/s1. The Kier molecular flexibility index (Phi) is 5.31. The molecule has 1 aromatic heterocycles. The van der Waals surface area contributed by atoms with Gasteiger partial charge in [0.15, 0.2) is 6.61 Å². The lowest BCUT2D eigenvalue weighted by molar-refractivity contribution is -0.125. The van der Waals surface area contributed by atoms with Gasteiger partial charge in [0.05, 0.1) is 11.1 Å². The molecular formula is C18H24N4O3. The summed E-state index contributed by atoms with van der Waals surface area (Å²) in [5, 5.41) is 11.0. The molecule has 0 bridgehead atoms. The van der Waals surface area contributed by atoms with Crippen LogP contribution in [0.15, 0.2) is 18.2 Å². The van der Waals surface area contributed by atoms with Crippen LogP contribution < -0.4 is 5.32 Å². The highest BCUT2D eigenvalue weighted by molar-refractivity contribution is 5.94. The molecule has 1 heterocycles. The summed E-state index contributed by atoms with van der Waals surface area (Å²) in [5.41, 5.74) is 1.87. The largest absolute Gasteiger partial charge is 0.452 e. The monoisotopic (exact) mass is 344 g/mol. The van der Waals surface area contributed by atoms with E-state index >= 15 is 0 Å². The van der Waals surface area contributed by atoms with Gasteiger partial charge in [0.2, 0.25) is 0 Å². The van der Waals surface area contributed by atoms with Gasteiger partial charge in [-0.2, -0.15) is 0 Å². The number of benzene rings is 1. The van der Waals surface area contributed by atoms with Gasteiger partial charge in [0.25, 0.3) is 5.91 Å². The van der Waals surface area contributed by atoms with Crippen molar-refractivity contribution in [1.29, 1.82) is 0 Å². The summed E-state index contributed by atoms with van der Waals surface area (Å²) < 4.78 is 6.90. The first-order chi connectivity index (χ1) is 12.1. The average molecular weight is 344 g/mol. The zero-order chi connectivity index (χ0) is 17.8. The normalized spacial score (nSPS) is 20.4. The van der Waals surface area contributed by atoms with Crippen molar-refractivity contribution in [1.82, 2.24) is 20.3 Å². The number of aromatic nitrogens is 3. The van der Waals surface area contributed by atoms with Gasteiger partial charge in [-0.15, -0.1) is 5.10 Å². The molecule has 1 N–H and O–H groups in total. The van der Waals surface area contributed by atoms with E-state index in [-0.39, 0.29) is 18.6 Å². The smallest absolute Gasteiger partial charge is 0.338 e. The third-order valence-electron chi connectivity index (χ3n) is 4.84. The number of hydrogen-bond acceptors (Lipinski definition) is 5. The number of amides is 1. The van der Waals surface area contributed by atoms with Crippen LogP contribution in [0.3, 0.4) is 0 Å². The SMILES string of the molecule is CCn1nnc2cc(C(=O)OCC(=O)N[C@@H]3CCCC[C@H]3C)ccc21. The van der Waals surface area contributed by atoms with Crippen LogP contribution in [0.1, 0.15) is 49.9 Å². The maximum atomic E-state index is 12.2. The number of nitrogens with zero attached hydrogens (tertiary/aromatic N) is 3. The van der Waals surface area contributed by atoms with E-state index in [1.54, 1.807) is 22.9 Å². The minimum absolute atomic E-state index is 0.181. The molecule has 0 aliphatic heterocycles. The van der Waals surface area contributed by atoms with Crippen molar-refractivity contribution in [2.75, 3.05) is 6.61 Å². The number of aryl methyl sites for hydroxylation is 1. The molecule has 3 rings (SSSR count). The Morgan fingerprint density at radius 2 is 2.12 bits per heavy atom. The van der Waals surface area contributed by atoms with Crippen molar-refractivity contribution in [3.05, 3.63) is 23.8 Å². The number of fused-ring (bicyclic) bond motifs is 1. The highest BCUT2D eigenvalue weighted by Gasteiger charge is 2.23. The Balaban J connectivity index is 1.56. The first-order valence-corrected chi connectivity index (χ1v) is 8.88. The molecule has 7 heteroatoms. The van der Waals surface area contributed by atoms with Crippen LogP contribution in [0.5, 0.6) is 0 Å². The summed E-state index contributed by atoms with van der Waals surface area (Å²) in [4.78, 5) is 24.2. The van der Waals surface area contributed by atoms with Gasteiger partial charge >= 0.3 is 5.97 Å². The summed E-state index contributed by atoms with van der Waals surface area (Å²) in [6.45, 7) is 4.57. The predicted octanol–water partition coefficient (Wildman–Crippen LogP) is 2.30. The minimum atomic E-state index is -0.528. The lowest BCUT2D eigenvalue weighted by Crippen LogP contribution is -2.42. The van der Waals surface area contributed by atoms with Crippen LogP contribution in [-0.2, 0) is 16.1 Å². The molecule has 134 valence electrons. The third-order valence-corrected chi connectivity index (χ3v) is 4.84. The zero-order valence-electron chi connectivity index (χ0n) is 14.7. The Labute approximate surface area is 146 Å². The van der Waals surface area contributed by atoms with Gasteiger partial charge in [0.1, 0.15) is 5.52 Å². The molecule has 0 unspecified atom stereocenters. The van der Waals surface area contributed by atoms with Gasteiger partial charge in [-0.25, -0.2) is 9.48 Å². The van der Waals surface area contributed by atoms with Crippen LogP contribution in [0.25, 0.3) is 11.0 Å². The molecule has 1 aliphatic rings. The van der Waals surface area contributed by atoms with E-state index in [1.807, 2.05) is 6.92 Å². The summed E-state index contributed by atoms with van der Waals surface area (Å²) in [5.74, 6) is -0.304. The van der Waals surface area contributed by atoms with E-state index in [0.29, 0.717) is 23.5 Å². The van der Waals surface area contributed by atoms with Crippen molar-refractivity contribution in [2.24, 2.45) is 5.92 Å². The fourth-order valence-electron chi connectivity index (χ4n) is 3.33. The van der Waals surface area contributed by atoms with Crippen molar-refractivity contribution in [3.8, 4) is 0 Å². The molecule has 0 saturated heterocycles. The van der Waals surface area contributed by atoms with Gasteiger partial charge in [-0.05, 0) is 43.9 Å². The highest BCUT2D eigenvalue weighted by atomic mass is 16.5. The van der Waals surface area contributed by atoms with Crippen molar-refractivity contribution in [2.45, 2.75) is 52.1 Å². The Hall–Kier alpha value is -2.44. The van der Waals surface area contributed by atoms with Crippen LogP contribution in [0.2, 0.25) is 0 Å². The third kappa shape index (κ3) is 3.97. The van der Waals surface area contributed by atoms with Crippen LogP contribution in [0.4, 0.5) is 0 Å². The van der Waals surface area contributed by atoms with Gasteiger partial charge < -0.3 is 10.1 Å². The number of ether oxygens (including phenoxy) is 1. The molecule has 1 aromatic carbocycles.